The minimum atomic E-state index is -2.81. The Bertz CT molecular complexity index is 405. The van der Waals surface area contributed by atoms with E-state index in [1.54, 1.807) is 0 Å². The molecule has 0 bridgehead atoms. The molecule has 0 spiro atoms. The first-order valence-corrected chi connectivity index (χ1v) is 10.4. The first-order chi connectivity index (χ1) is 9.62. The maximum absolute atomic E-state index is 6.33. The molecule has 1 aromatic carbocycles. The van der Waals surface area contributed by atoms with Crippen LogP contribution in [0.1, 0.15) is 47.1 Å². The molecule has 0 aliphatic heterocycles. The van der Waals surface area contributed by atoms with Crippen molar-refractivity contribution in [3.05, 3.63) is 35.9 Å². The molecule has 3 nitrogen and oxygen atoms in total. The second kappa shape index (κ2) is 8.06. The molecule has 120 valence electrons. The zero-order valence-electron chi connectivity index (χ0n) is 13.9. The van der Waals surface area contributed by atoms with Gasteiger partial charge in [-0.25, -0.2) is 0 Å². The number of rotatable bonds is 8. The van der Waals surface area contributed by atoms with Gasteiger partial charge in [-0.2, -0.15) is 0 Å². The topological polar surface area (TPSA) is 27.7 Å². The smallest absolute Gasteiger partial charge is 0.371 e. The van der Waals surface area contributed by atoms with Crippen LogP contribution >= 0.6 is 22.6 Å². The van der Waals surface area contributed by atoms with Crippen LogP contribution in [0, 0.1) is 0 Å². The van der Waals surface area contributed by atoms with Crippen molar-refractivity contribution in [1.82, 2.24) is 0 Å². The number of benzene rings is 1. The minimum absolute atomic E-state index is 0.0675. The zero-order valence-corrected chi connectivity index (χ0v) is 17.0. The van der Waals surface area contributed by atoms with E-state index in [0.717, 1.165) is 0 Å². The Balaban J connectivity index is 3.08. The first kappa shape index (κ1) is 19.1. The molecule has 0 aliphatic carbocycles. The molecule has 0 fully saturated rings. The maximum Gasteiger partial charge on any atom is 0.507 e. The van der Waals surface area contributed by atoms with Crippen LogP contribution < -0.4 is 0 Å². The van der Waals surface area contributed by atoms with Gasteiger partial charge in [0, 0.05) is 18.3 Å². The van der Waals surface area contributed by atoms with Crippen molar-refractivity contribution in [1.29, 1.82) is 0 Å². The third-order valence-electron chi connectivity index (χ3n) is 2.49. The number of alkyl halides is 1. The van der Waals surface area contributed by atoms with E-state index in [2.05, 4.69) is 34.7 Å². The van der Waals surface area contributed by atoms with E-state index in [1.807, 2.05) is 59.7 Å². The summed E-state index contributed by atoms with van der Waals surface area (Å²) in [5, 5.41) is 0. The second-order valence-corrected chi connectivity index (χ2v) is 11.1. The molecule has 5 heteroatoms. The fourth-order valence-corrected chi connectivity index (χ4v) is 6.44. The molecule has 21 heavy (non-hydrogen) atoms. The van der Waals surface area contributed by atoms with Gasteiger partial charge in [-0.05, 0) is 69.7 Å². The van der Waals surface area contributed by atoms with Crippen molar-refractivity contribution in [2.45, 2.75) is 63.4 Å². The van der Waals surface area contributed by atoms with Crippen LogP contribution in [0.4, 0.5) is 0 Å². The quantitative estimate of drug-likeness (QED) is 0.344. The average molecular weight is 422 g/mol. The normalized spacial score (nSPS) is 13.2. The monoisotopic (exact) mass is 422 g/mol. The summed E-state index contributed by atoms with van der Waals surface area (Å²) in [5.74, 6) is 0. The van der Waals surface area contributed by atoms with Gasteiger partial charge in [0.1, 0.15) is 3.61 Å². The molecule has 0 radical (unpaired) electrons. The highest BCUT2D eigenvalue weighted by Crippen LogP contribution is 2.29. The van der Waals surface area contributed by atoms with Gasteiger partial charge in [-0.1, -0.05) is 30.3 Å². The molecule has 0 aliphatic rings. The van der Waals surface area contributed by atoms with Crippen LogP contribution in [-0.4, -0.2) is 24.6 Å². The van der Waals surface area contributed by atoms with Crippen molar-refractivity contribution < 1.29 is 13.3 Å². The lowest BCUT2D eigenvalue weighted by molar-refractivity contribution is -0.00213. The molecule has 0 atom stereocenters. The van der Waals surface area contributed by atoms with Crippen LogP contribution in [0.5, 0.6) is 0 Å². The van der Waals surface area contributed by atoms with E-state index in [0.29, 0.717) is 6.04 Å². The van der Waals surface area contributed by atoms with E-state index in [-0.39, 0.29) is 15.8 Å². The summed E-state index contributed by atoms with van der Waals surface area (Å²) in [6, 6.07) is 11.0. The van der Waals surface area contributed by atoms with Crippen LogP contribution in [0.15, 0.2) is 30.3 Å². The van der Waals surface area contributed by atoms with Crippen molar-refractivity contribution in [3.8, 4) is 0 Å². The number of hydrogen-bond acceptors (Lipinski definition) is 3. The predicted octanol–water partition coefficient (Wildman–Crippen LogP) is 4.74. The van der Waals surface area contributed by atoms with Gasteiger partial charge in [0.15, 0.2) is 0 Å². The Kier molecular flexibility index (Phi) is 7.32. The standard InChI is InChI=1S/C16H27IO3Si/c1-13(2)18-21(19-14(3)4,20-16(5,6)17)12-15-10-8-7-9-11-15/h7-11,13-14H,12H2,1-6H3. The molecule has 1 aromatic rings. The lowest BCUT2D eigenvalue weighted by Gasteiger charge is -2.37. The van der Waals surface area contributed by atoms with Gasteiger partial charge in [-0.3, -0.25) is 0 Å². The molecule has 0 saturated heterocycles. The number of halogens is 1. The summed E-state index contributed by atoms with van der Waals surface area (Å²) in [7, 11) is -2.81. The lowest BCUT2D eigenvalue weighted by Crippen LogP contribution is -2.54. The Labute approximate surface area is 143 Å². The Hall–Kier alpha value is 0.0469. The average Bonchev–Trinajstić information content (AvgIpc) is 2.24. The minimum Gasteiger partial charge on any atom is -0.371 e. The van der Waals surface area contributed by atoms with Gasteiger partial charge in [-0.15, -0.1) is 0 Å². The molecule has 0 unspecified atom stereocenters. The van der Waals surface area contributed by atoms with Gasteiger partial charge < -0.3 is 13.3 Å². The molecule has 0 aromatic heterocycles. The maximum atomic E-state index is 6.33. The highest BCUT2D eigenvalue weighted by atomic mass is 127. The van der Waals surface area contributed by atoms with Crippen LogP contribution in [-0.2, 0) is 19.3 Å². The van der Waals surface area contributed by atoms with E-state index in [4.69, 9.17) is 13.3 Å². The van der Waals surface area contributed by atoms with E-state index in [9.17, 15) is 0 Å². The summed E-state index contributed by atoms with van der Waals surface area (Å²) >= 11 is 2.29. The third kappa shape index (κ3) is 7.74. The summed E-state index contributed by atoms with van der Waals surface area (Å²) in [6.45, 7) is 12.2. The number of hydrogen-bond donors (Lipinski definition) is 0. The van der Waals surface area contributed by atoms with Crippen molar-refractivity contribution in [2.75, 3.05) is 0 Å². The second-order valence-electron chi connectivity index (χ2n) is 6.14. The van der Waals surface area contributed by atoms with Crippen molar-refractivity contribution >= 4 is 31.4 Å². The molecule has 1 rings (SSSR count). The van der Waals surface area contributed by atoms with Crippen molar-refractivity contribution in [3.63, 3.8) is 0 Å². The van der Waals surface area contributed by atoms with Crippen LogP contribution in [0.25, 0.3) is 0 Å². The SMILES string of the molecule is CC(C)O[Si](Cc1ccccc1)(OC(C)C)OC(C)(C)I. The first-order valence-electron chi connectivity index (χ1n) is 7.40. The predicted molar refractivity (Wildman–Crippen MR) is 97.5 cm³/mol. The van der Waals surface area contributed by atoms with Gasteiger partial charge in [0.05, 0.1) is 0 Å². The van der Waals surface area contributed by atoms with E-state index >= 15 is 0 Å². The van der Waals surface area contributed by atoms with Gasteiger partial charge in [0.2, 0.25) is 0 Å². The zero-order chi connectivity index (χ0) is 16.1. The molecular formula is C16H27IO3Si. The summed E-state index contributed by atoms with van der Waals surface area (Å²) in [6.07, 6.45) is 0.135. The highest BCUT2D eigenvalue weighted by molar-refractivity contribution is 14.1. The molecular weight excluding hydrogens is 395 g/mol. The molecule has 0 N–H and O–H groups in total. The Morgan fingerprint density at radius 3 is 1.86 bits per heavy atom. The third-order valence-corrected chi connectivity index (χ3v) is 6.45. The Morgan fingerprint density at radius 1 is 1.00 bits per heavy atom. The summed E-state index contributed by atoms with van der Waals surface area (Å²) in [4.78, 5) is 0. The molecule has 0 heterocycles. The highest BCUT2D eigenvalue weighted by Gasteiger charge is 2.47. The molecule has 0 amide bonds. The van der Waals surface area contributed by atoms with E-state index < -0.39 is 8.80 Å². The summed E-state index contributed by atoms with van der Waals surface area (Å²) in [5.41, 5.74) is 1.19. The van der Waals surface area contributed by atoms with Gasteiger partial charge in [0.25, 0.3) is 0 Å². The fraction of sp³-hybridized carbons (Fsp3) is 0.625. The van der Waals surface area contributed by atoms with Crippen LogP contribution in [0.2, 0.25) is 0 Å². The summed E-state index contributed by atoms with van der Waals surface area (Å²) < 4.78 is 18.4. The lowest BCUT2D eigenvalue weighted by atomic mass is 10.2. The Morgan fingerprint density at radius 2 is 1.48 bits per heavy atom. The van der Waals surface area contributed by atoms with Crippen molar-refractivity contribution in [2.24, 2.45) is 0 Å². The van der Waals surface area contributed by atoms with Gasteiger partial charge >= 0.3 is 8.80 Å². The van der Waals surface area contributed by atoms with E-state index in [1.165, 1.54) is 5.56 Å². The largest absolute Gasteiger partial charge is 0.507 e. The molecule has 0 saturated carbocycles. The fourth-order valence-electron chi connectivity index (χ4n) is 2.13. The van der Waals surface area contributed by atoms with Crippen LogP contribution in [0.3, 0.4) is 0 Å².